The first-order chi connectivity index (χ1) is 14.9. The average molecular weight is 465 g/mol. The number of non-ortho nitro benzene ring substituents is 1. The summed E-state index contributed by atoms with van der Waals surface area (Å²) in [4.78, 5) is 24.1. The highest BCUT2D eigenvalue weighted by Crippen LogP contribution is 2.26. The number of nitro benzene ring substituents is 1. The standard InChI is InChI=1S/C17H20N8O4S2/c1-3-23(4-2)14(26)10-31-17-22-21-16(24(17)18)30-9-13-19-20-15(29-13)11-5-7-12(8-6-11)25(27)28/h5-8H,3-4,9-10,18H2,1-2H3. The monoisotopic (exact) mass is 464 g/mol. The molecule has 0 saturated heterocycles. The van der Waals surface area contributed by atoms with Crippen LogP contribution in [0.2, 0.25) is 0 Å². The van der Waals surface area contributed by atoms with Crippen LogP contribution in [0, 0.1) is 10.1 Å². The van der Waals surface area contributed by atoms with Gasteiger partial charge < -0.3 is 15.2 Å². The number of carbonyl (C=O) groups is 1. The Bertz CT molecular complexity index is 1050. The molecule has 0 aliphatic rings. The highest BCUT2D eigenvalue weighted by atomic mass is 32.2. The second kappa shape index (κ2) is 10.3. The van der Waals surface area contributed by atoms with Crippen LogP contribution in [-0.2, 0) is 10.5 Å². The van der Waals surface area contributed by atoms with Gasteiger partial charge in [0.2, 0.25) is 28.0 Å². The maximum atomic E-state index is 12.1. The zero-order valence-corrected chi connectivity index (χ0v) is 18.4. The van der Waals surface area contributed by atoms with Crippen molar-refractivity contribution >= 4 is 35.1 Å². The van der Waals surface area contributed by atoms with Crippen molar-refractivity contribution in [2.24, 2.45) is 0 Å². The van der Waals surface area contributed by atoms with Gasteiger partial charge in [0.25, 0.3) is 5.69 Å². The Hall–Kier alpha value is -3.13. The van der Waals surface area contributed by atoms with Crippen molar-refractivity contribution in [1.29, 1.82) is 0 Å². The smallest absolute Gasteiger partial charge is 0.269 e. The van der Waals surface area contributed by atoms with Crippen LogP contribution in [0.1, 0.15) is 19.7 Å². The number of hydrogen-bond acceptors (Lipinski definition) is 11. The van der Waals surface area contributed by atoms with Crippen LogP contribution < -0.4 is 5.84 Å². The fraction of sp³-hybridized carbons (Fsp3) is 0.353. The zero-order chi connectivity index (χ0) is 22.4. The Morgan fingerprint density at radius 2 is 1.77 bits per heavy atom. The molecule has 0 spiro atoms. The molecule has 3 aromatic rings. The van der Waals surface area contributed by atoms with E-state index in [0.717, 1.165) is 0 Å². The van der Waals surface area contributed by atoms with Crippen LogP contribution in [0.4, 0.5) is 5.69 Å². The molecule has 0 bridgehead atoms. The fourth-order valence-corrected chi connectivity index (χ4v) is 4.05. The number of hydrogen-bond donors (Lipinski definition) is 1. The number of aromatic nitrogens is 5. The third kappa shape index (κ3) is 5.52. The molecule has 2 aromatic heterocycles. The van der Waals surface area contributed by atoms with E-state index in [-0.39, 0.29) is 23.2 Å². The lowest BCUT2D eigenvalue weighted by molar-refractivity contribution is -0.384. The second-order valence-electron chi connectivity index (χ2n) is 6.08. The summed E-state index contributed by atoms with van der Waals surface area (Å²) in [6.07, 6.45) is 0. The molecule has 164 valence electrons. The van der Waals surface area contributed by atoms with E-state index in [4.69, 9.17) is 10.3 Å². The van der Waals surface area contributed by atoms with Crippen molar-refractivity contribution in [3.05, 3.63) is 40.3 Å². The molecule has 0 fully saturated rings. The van der Waals surface area contributed by atoms with Gasteiger partial charge in [0.15, 0.2) is 0 Å². The van der Waals surface area contributed by atoms with Crippen LogP contribution in [0.15, 0.2) is 39.0 Å². The van der Waals surface area contributed by atoms with Crippen molar-refractivity contribution in [2.45, 2.75) is 29.9 Å². The Labute approximate surface area is 185 Å². The van der Waals surface area contributed by atoms with Crippen LogP contribution in [0.5, 0.6) is 0 Å². The van der Waals surface area contributed by atoms with Gasteiger partial charge in [0.05, 0.1) is 16.4 Å². The molecule has 0 aliphatic heterocycles. The van der Waals surface area contributed by atoms with Gasteiger partial charge in [-0.15, -0.1) is 20.4 Å². The molecule has 0 unspecified atom stereocenters. The first-order valence-corrected chi connectivity index (χ1v) is 11.2. The van der Waals surface area contributed by atoms with Gasteiger partial charge in [0, 0.05) is 30.8 Å². The maximum absolute atomic E-state index is 12.1. The van der Waals surface area contributed by atoms with E-state index in [2.05, 4.69) is 20.4 Å². The molecule has 3 rings (SSSR count). The highest BCUT2D eigenvalue weighted by Gasteiger charge is 2.17. The van der Waals surface area contributed by atoms with Crippen molar-refractivity contribution < 1.29 is 14.1 Å². The number of rotatable bonds is 10. The number of thioether (sulfide) groups is 2. The van der Waals surface area contributed by atoms with E-state index < -0.39 is 4.92 Å². The SMILES string of the molecule is CCN(CC)C(=O)CSc1nnc(SCc2nnc(-c3ccc([N+](=O)[O-])cc3)o2)n1N. The normalized spacial score (nSPS) is 10.9. The van der Waals surface area contributed by atoms with E-state index in [0.29, 0.717) is 40.6 Å². The molecule has 2 N–H and O–H groups in total. The number of nitro groups is 1. The van der Waals surface area contributed by atoms with E-state index >= 15 is 0 Å². The first-order valence-electron chi connectivity index (χ1n) is 9.24. The summed E-state index contributed by atoms with van der Waals surface area (Å²) in [5, 5.41) is 27.6. The van der Waals surface area contributed by atoms with Crippen molar-refractivity contribution in [3.8, 4) is 11.5 Å². The lowest BCUT2D eigenvalue weighted by Gasteiger charge is -2.17. The molecule has 0 atom stereocenters. The third-order valence-electron chi connectivity index (χ3n) is 4.19. The Morgan fingerprint density at radius 3 is 2.39 bits per heavy atom. The van der Waals surface area contributed by atoms with Gasteiger partial charge in [-0.3, -0.25) is 14.9 Å². The van der Waals surface area contributed by atoms with E-state index in [1.54, 1.807) is 17.0 Å². The minimum Gasteiger partial charge on any atom is -0.420 e. The van der Waals surface area contributed by atoms with E-state index in [9.17, 15) is 14.9 Å². The first kappa shape index (κ1) is 22.6. The molecule has 2 heterocycles. The van der Waals surface area contributed by atoms with Crippen molar-refractivity contribution in [1.82, 2.24) is 30.0 Å². The minimum absolute atomic E-state index is 0.0110. The van der Waals surface area contributed by atoms with Gasteiger partial charge in [-0.25, -0.2) is 4.68 Å². The summed E-state index contributed by atoms with van der Waals surface area (Å²) in [5.74, 6) is 7.17. The molecule has 0 aliphatic carbocycles. The Balaban J connectivity index is 1.57. The van der Waals surface area contributed by atoms with E-state index in [1.807, 2.05) is 13.8 Å². The molecule has 0 saturated carbocycles. The number of carbonyl (C=O) groups excluding carboxylic acids is 1. The Kier molecular flexibility index (Phi) is 7.46. The summed E-state index contributed by atoms with van der Waals surface area (Å²) in [6.45, 7) is 5.16. The van der Waals surface area contributed by atoms with Gasteiger partial charge in [0.1, 0.15) is 0 Å². The van der Waals surface area contributed by atoms with Crippen LogP contribution in [-0.4, -0.2) is 59.6 Å². The molecule has 0 radical (unpaired) electrons. The number of nitrogens with two attached hydrogens (primary N) is 1. The molecule has 12 nitrogen and oxygen atoms in total. The Morgan fingerprint density at radius 1 is 1.13 bits per heavy atom. The van der Waals surface area contributed by atoms with Gasteiger partial charge in [-0.05, 0) is 26.0 Å². The number of benzene rings is 1. The third-order valence-corrected chi connectivity index (χ3v) is 6.05. The zero-order valence-electron chi connectivity index (χ0n) is 16.8. The highest BCUT2D eigenvalue weighted by molar-refractivity contribution is 8.00. The summed E-state index contributed by atoms with van der Waals surface area (Å²) < 4.78 is 6.92. The fourth-order valence-electron chi connectivity index (χ4n) is 2.54. The molecular weight excluding hydrogens is 444 g/mol. The van der Waals surface area contributed by atoms with Crippen molar-refractivity contribution in [2.75, 3.05) is 24.7 Å². The molecule has 1 aromatic carbocycles. The summed E-state index contributed by atoms with van der Waals surface area (Å²) in [5.41, 5.74) is 0.557. The molecule has 14 heteroatoms. The quantitative estimate of drug-likeness (QED) is 0.203. The van der Waals surface area contributed by atoms with Crippen molar-refractivity contribution in [3.63, 3.8) is 0 Å². The molecular formula is C17H20N8O4S2. The van der Waals surface area contributed by atoms with Gasteiger partial charge >= 0.3 is 0 Å². The average Bonchev–Trinajstić information content (AvgIpc) is 3.38. The molecule has 1 amide bonds. The lowest BCUT2D eigenvalue weighted by Crippen LogP contribution is -2.32. The second-order valence-corrected chi connectivity index (χ2v) is 7.97. The van der Waals surface area contributed by atoms with Crippen LogP contribution in [0.25, 0.3) is 11.5 Å². The lowest BCUT2D eigenvalue weighted by atomic mass is 10.2. The number of amides is 1. The number of nitrogens with zero attached hydrogens (tertiary/aromatic N) is 7. The maximum Gasteiger partial charge on any atom is 0.269 e. The van der Waals surface area contributed by atoms with Crippen LogP contribution in [0.3, 0.4) is 0 Å². The summed E-state index contributed by atoms with van der Waals surface area (Å²) in [7, 11) is 0. The predicted molar refractivity (Wildman–Crippen MR) is 115 cm³/mol. The van der Waals surface area contributed by atoms with Crippen LogP contribution >= 0.6 is 23.5 Å². The summed E-state index contributed by atoms with van der Waals surface area (Å²) in [6, 6.07) is 5.83. The largest absolute Gasteiger partial charge is 0.420 e. The number of nitrogen functional groups attached to an aromatic ring is 1. The van der Waals surface area contributed by atoms with Gasteiger partial charge in [-0.1, -0.05) is 23.5 Å². The van der Waals surface area contributed by atoms with E-state index in [1.165, 1.54) is 40.3 Å². The predicted octanol–water partition coefficient (Wildman–Crippen LogP) is 2.20. The molecule has 31 heavy (non-hydrogen) atoms. The minimum atomic E-state index is -0.477. The summed E-state index contributed by atoms with van der Waals surface area (Å²) >= 11 is 2.48. The topological polar surface area (TPSA) is 159 Å². The van der Waals surface area contributed by atoms with Gasteiger partial charge in [-0.2, -0.15) is 0 Å².